The molecule has 1 unspecified atom stereocenters. The van der Waals surface area contributed by atoms with E-state index in [1.165, 1.54) is 0 Å². The van der Waals surface area contributed by atoms with Crippen molar-refractivity contribution < 1.29 is 9.47 Å². The zero-order valence-electron chi connectivity index (χ0n) is 8.71. The van der Waals surface area contributed by atoms with E-state index >= 15 is 0 Å². The highest BCUT2D eigenvalue weighted by Crippen LogP contribution is 2.24. The van der Waals surface area contributed by atoms with E-state index in [2.05, 4.69) is 6.92 Å². The van der Waals surface area contributed by atoms with Crippen molar-refractivity contribution in [3.8, 4) is 0 Å². The largest absolute Gasteiger partial charge is 0.350 e. The van der Waals surface area contributed by atoms with Crippen molar-refractivity contribution in [2.75, 3.05) is 13.2 Å². The van der Waals surface area contributed by atoms with Gasteiger partial charge in [-0.3, -0.25) is 0 Å². The van der Waals surface area contributed by atoms with Crippen LogP contribution in [0.3, 0.4) is 0 Å². The van der Waals surface area contributed by atoms with Crippen LogP contribution in [0.5, 0.6) is 0 Å². The van der Waals surface area contributed by atoms with Crippen molar-refractivity contribution >= 4 is 0 Å². The summed E-state index contributed by atoms with van der Waals surface area (Å²) in [4.78, 5) is 0. The van der Waals surface area contributed by atoms with Crippen molar-refractivity contribution in [1.82, 2.24) is 0 Å². The summed E-state index contributed by atoms with van der Waals surface area (Å²) in [6, 6.07) is 0.202. The topological polar surface area (TPSA) is 44.5 Å². The Balaban J connectivity index is 2.31. The van der Waals surface area contributed by atoms with Gasteiger partial charge in [0.25, 0.3) is 0 Å². The second-order valence-corrected chi connectivity index (χ2v) is 3.94. The maximum absolute atomic E-state index is 5.94. The van der Waals surface area contributed by atoms with Gasteiger partial charge in [-0.05, 0) is 19.8 Å². The SMILES string of the molecule is CCCC(N)CC1(C)OCCCO1. The fourth-order valence-corrected chi connectivity index (χ4v) is 1.74. The van der Waals surface area contributed by atoms with Crippen molar-refractivity contribution in [2.24, 2.45) is 5.73 Å². The molecular formula is C10H21NO2. The summed E-state index contributed by atoms with van der Waals surface area (Å²) in [6.45, 7) is 5.73. The number of hydrogen-bond donors (Lipinski definition) is 1. The molecule has 1 aliphatic rings. The first kappa shape index (κ1) is 11.0. The molecule has 0 aliphatic carbocycles. The lowest BCUT2D eigenvalue weighted by atomic mass is 10.0. The quantitative estimate of drug-likeness (QED) is 0.728. The lowest BCUT2D eigenvalue weighted by Gasteiger charge is -2.35. The molecule has 0 aromatic rings. The van der Waals surface area contributed by atoms with Gasteiger partial charge in [-0.15, -0.1) is 0 Å². The molecule has 3 nitrogen and oxygen atoms in total. The maximum Gasteiger partial charge on any atom is 0.166 e. The maximum atomic E-state index is 5.94. The van der Waals surface area contributed by atoms with Gasteiger partial charge in [0.1, 0.15) is 0 Å². The molecule has 1 saturated heterocycles. The minimum atomic E-state index is -0.424. The van der Waals surface area contributed by atoms with Gasteiger partial charge < -0.3 is 15.2 Å². The molecule has 13 heavy (non-hydrogen) atoms. The molecule has 1 rings (SSSR count). The molecule has 0 amide bonds. The van der Waals surface area contributed by atoms with Gasteiger partial charge >= 0.3 is 0 Å². The minimum absolute atomic E-state index is 0.202. The van der Waals surface area contributed by atoms with Crippen LogP contribution in [0, 0.1) is 0 Å². The molecule has 1 heterocycles. The summed E-state index contributed by atoms with van der Waals surface area (Å²) in [6.07, 6.45) is 3.97. The van der Waals surface area contributed by atoms with Crippen LogP contribution in [0.1, 0.15) is 39.5 Å². The van der Waals surface area contributed by atoms with E-state index in [0.717, 1.165) is 38.9 Å². The van der Waals surface area contributed by atoms with E-state index in [4.69, 9.17) is 15.2 Å². The summed E-state index contributed by atoms with van der Waals surface area (Å²) in [7, 11) is 0. The Morgan fingerprint density at radius 1 is 1.38 bits per heavy atom. The van der Waals surface area contributed by atoms with Crippen molar-refractivity contribution in [1.29, 1.82) is 0 Å². The second-order valence-electron chi connectivity index (χ2n) is 3.94. The molecule has 1 fully saturated rings. The van der Waals surface area contributed by atoms with Crippen LogP contribution in [0.2, 0.25) is 0 Å². The number of nitrogens with two attached hydrogens (primary N) is 1. The smallest absolute Gasteiger partial charge is 0.166 e. The Morgan fingerprint density at radius 3 is 2.54 bits per heavy atom. The Bertz CT molecular complexity index is 144. The lowest BCUT2D eigenvalue weighted by Crippen LogP contribution is -2.42. The second kappa shape index (κ2) is 4.94. The summed E-state index contributed by atoms with van der Waals surface area (Å²) in [5, 5.41) is 0. The average Bonchev–Trinajstić information content (AvgIpc) is 2.04. The third kappa shape index (κ3) is 3.63. The molecule has 2 N–H and O–H groups in total. The van der Waals surface area contributed by atoms with Crippen molar-refractivity contribution in [3.05, 3.63) is 0 Å². The number of rotatable bonds is 4. The van der Waals surface area contributed by atoms with Gasteiger partial charge in [0.05, 0.1) is 13.2 Å². The fourth-order valence-electron chi connectivity index (χ4n) is 1.74. The van der Waals surface area contributed by atoms with E-state index in [9.17, 15) is 0 Å². The first-order valence-electron chi connectivity index (χ1n) is 5.20. The molecule has 1 atom stereocenters. The monoisotopic (exact) mass is 187 g/mol. The Hall–Kier alpha value is -0.120. The zero-order chi connectivity index (χ0) is 9.73. The third-order valence-corrected chi connectivity index (χ3v) is 2.40. The van der Waals surface area contributed by atoms with Gasteiger partial charge in [0.15, 0.2) is 5.79 Å². The van der Waals surface area contributed by atoms with E-state index in [1.807, 2.05) is 6.92 Å². The molecular weight excluding hydrogens is 166 g/mol. The molecule has 78 valence electrons. The Kier molecular flexibility index (Phi) is 4.16. The minimum Gasteiger partial charge on any atom is -0.350 e. The Morgan fingerprint density at radius 2 is 2.00 bits per heavy atom. The van der Waals surface area contributed by atoms with Gasteiger partial charge in [-0.1, -0.05) is 13.3 Å². The van der Waals surface area contributed by atoms with Gasteiger partial charge in [0, 0.05) is 12.5 Å². The fraction of sp³-hybridized carbons (Fsp3) is 1.00. The predicted molar refractivity (Wildman–Crippen MR) is 52.4 cm³/mol. The summed E-state index contributed by atoms with van der Waals surface area (Å²) >= 11 is 0. The van der Waals surface area contributed by atoms with E-state index in [0.29, 0.717) is 0 Å². The highest BCUT2D eigenvalue weighted by molar-refractivity contribution is 4.74. The van der Waals surface area contributed by atoms with Crippen LogP contribution < -0.4 is 5.73 Å². The molecule has 0 aromatic carbocycles. The van der Waals surface area contributed by atoms with Gasteiger partial charge in [-0.25, -0.2) is 0 Å². The molecule has 1 aliphatic heterocycles. The van der Waals surface area contributed by atoms with E-state index < -0.39 is 5.79 Å². The van der Waals surface area contributed by atoms with Gasteiger partial charge in [0.2, 0.25) is 0 Å². The molecule has 0 saturated carbocycles. The average molecular weight is 187 g/mol. The van der Waals surface area contributed by atoms with Crippen LogP contribution in [0.15, 0.2) is 0 Å². The molecule has 3 heteroatoms. The van der Waals surface area contributed by atoms with E-state index in [-0.39, 0.29) is 6.04 Å². The lowest BCUT2D eigenvalue weighted by molar-refractivity contribution is -0.260. The predicted octanol–water partition coefficient (Wildman–Crippen LogP) is 1.66. The van der Waals surface area contributed by atoms with Crippen LogP contribution in [-0.2, 0) is 9.47 Å². The van der Waals surface area contributed by atoms with Crippen LogP contribution >= 0.6 is 0 Å². The van der Waals surface area contributed by atoms with Crippen LogP contribution in [-0.4, -0.2) is 25.0 Å². The molecule has 0 radical (unpaired) electrons. The van der Waals surface area contributed by atoms with Crippen LogP contribution in [0.4, 0.5) is 0 Å². The highest BCUT2D eigenvalue weighted by Gasteiger charge is 2.30. The Labute approximate surface area is 80.6 Å². The van der Waals surface area contributed by atoms with Crippen LogP contribution in [0.25, 0.3) is 0 Å². The van der Waals surface area contributed by atoms with Crippen molar-refractivity contribution in [3.63, 3.8) is 0 Å². The first-order valence-corrected chi connectivity index (χ1v) is 5.20. The third-order valence-electron chi connectivity index (χ3n) is 2.40. The van der Waals surface area contributed by atoms with Gasteiger partial charge in [-0.2, -0.15) is 0 Å². The summed E-state index contributed by atoms with van der Waals surface area (Å²) < 4.78 is 11.2. The highest BCUT2D eigenvalue weighted by atomic mass is 16.7. The van der Waals surface area contributed by atoms with Crippen molar-refractivity contribution in [2.45, 2.75) is 51.4 Å². The zero-order valence-corrected chi connectivity index (χ0v) is 8.71. The molecule has 0 spiro atoms. The first-order chi connectivity index (χ1) is 6.16. The standard InChI is InChI=1S/C10H21NO2/c1-3-5-9(11)8-10(2)12-6-4-7-13-10/h9H,3-8,11H2,1-2H3. The molecule has 0 bridgehead atoms. The summed E-state index contributed by atoms with van der Waals surface area (Å²) in [5.41, 5.74) is 5.94. The number of hydrogen-bond acceptors (Lipinski definition) is 3. The summed E-state index contributed by atoms with van der Waals surface area (Å²) in [5.74, 6) is -0.424. The number of ether oxygens (including phenoxy) is 2. The normalized spacial score (nSPS) is 24.2. The van der Waals surface area contributed by atoms with E-state index in [1.54, 1.807) is 0 Å². The molecule has 0 aromatic heterocycles.